The summed E-state index contributed by atoms with van der Waals surface area (Å²) in [7, 11) is -4.10. The molecule has 6 heteroatoms. The lowest BCUT2D eigenvalue weighted by molar-refractivity contribution is 0.190. The minimum Gasteiger partial charge on any atom is -0.348 e. The summed E-state index contributed by atoms with van der Waals surface area (Å²) in [6, 6.07) is 2.96. The molecule has 0 bridgehead atoms. The van der Waals surface area contributed by atoms with Gasteiger partial charge in [0.15, 0.2) is 0 Å². The van der Waals surface area contributed by atoms with Crippen LogP contribution in [-0.4, -0.2) is 29.5 Å². The largest absolute Gasteiger partial charge is 0.535 e. The van der Waals surface area contributed by atoms with E-state index in [0.717, 1.165) is 45.2 Å². The molecule has 1 N–H and O–H groups in total. The van der Waals surface area contributed by atoms with Crippen molar-refractivity contribution in [1.82, 2.24) is 4.90 Å². The van der Waals surface area contributed by atoms with Gasteiger partial charge in [-0.3, -0.25) is 9.42 Å². The summed E-state index contributed by atoms with van der Waals surface area (Å²) >= 11 is 0. The van der Waals surface area contributed by atoms with Gasteiger partial charge < -0.3 is 9.42 Å². The first-order chi connectivity index (χ1) is 16.1. The van der Waals surface area contributed by atoms with E-state index in [1.807, 2.05) is 0 Å². The van der Waals surface area contributed by atoms with Crippen LogP contribution >= 0.6 is 7.82 Å². The van der Waals surface area contributed by atoms with Gasteiger partial charge in [0.2, 0.25) is 0 Å². The van der Waals surface area contributed by atoms with E-state index in [1.54, 1.807) is 0 Å². The van der Waals surface area contributed by atoms with Crippen LogP contribution < -0.4 is 0 Å². The molecule has 0 aliphatic rings. The predicted molar refractivity (Wildman–Crippen MR) is 141 cm³/mol. The van der Waals surface area contributed by atoms with Gasteiger partial charge in [-0.2, -0.15) is 0 Å². The molecule has 0 aliphatic carbocycles. The molecule has 0 saturated heterocycles. The van der Waals surface area contributed by atoms with Gasteiger partial charge >= 0.3 is 7.82 Å². The fourth-order valence-electron chi connectivity index (χ4n) is 3.80. The van der Waals surface area contributed by atoms with Crippen molar-refractivity contribution in [2.45, 2.75) is 143 Å². The fourth-order valence-corrected chi connectivity index (χ4v) is 4.37. The summed E-state index contributed by atoms with van der Waals surface area (Å²) in [5.41, 5.74) is 0. The molecule has 5 nitrogen and oxygen atoms in total. The van der Waals surface area contributed by atoms with Gasteiger partial charge in [0.1, 0.15) is 6.11 Å². The topological polar surface area (TPSA) is 59.0 Å². The highest BCUT2D eigenvalue weighted by Crippen LogP contribution is 2.42. The maximum atomic E-state index is 12.1. The van der Waals surface area contributed by atoms with E-state index in [0.29, 0.717) is 0 Å². The number of hydrogen-bond donors (Lipinski definition) is 1. The van der Waals surface area contributed by atoms with E-state index in [2.05, 4.69) is 37.8 Å². The van der Waals surface area contributed by atoms with Crippen molar-refractivity contribution in [3.8, 4) is 12.2 Å². The average molecular weight is 488 g/mol. The van der Waals surface area contributed by atoms with Crippen LogP contribution in [0.15, 0.2) is 0 Å². The van der Waals surface area contributed by atoms with Crippen molar-refractivity contribution in [2.75, 3.05) is 19.7 Å². The quantitative estimate of drug-likeness (QED) is 0.0638. The molecule has 0 aromatic carbocycles. The van der Waals surface area contributed by atoms with Crippen LogP contribution in [0.1, 0.15) is 143 Å². The van der Waals surface area contributed by atoms with Crippen LogP contribution in [-0.2, 0) is 13.6 Å². The Labute approximate surface area is 206 Å². The first-order valence-corrected chi connectivity index (χ1v) is 15.5. The third-order valence-corrected chi connectivity index (χ3v) is 6.76. The van der Waals surface area contributed by atoms with Crippen molar-refractivity contribution < 1.29 is 18.5 Å². The van der Waals surface area contributed by atoms with E-state index < -0.39 is 7.82 Å². The molecule has 0 amide bonds. The standard InChI is InChI=1S/C27H54NO4P/c1-4-7-10-13-16-19-22-26-31-33(29,30)32-27-25-28(23-20-17-14-11-8-5-2)24-21-18-15-12-9-6-3/h4-24,26H2,1-3H3,(H,29,30). The molecule has 0 rings (SSSR count). The molecular formula is C27H54NO4P. The lowest BCUT2D eigenvalue weighted by Crippen LogP contribution is -2.20. The molecule has 0 saturated carbocycles. The van der Waals surface area contributed by atoms with Gasteiger partial charge in [-0.05, 0) is 19.3 Å². The highest BCUT2D eigenvalue weighted by Gasteiger charge is 2.20. The van der Waals surface area contributed by atoms with Gasteiger partial charge in [0.05, 0.1) is 12.7 Å². The molecule has 33 heavy (non-hydrogen) atoms. The Balaban J connectivity index is 4.26. The van der Waals surface area contributed by atoms with Crippen molar-refractivity contribution in [2.24, 2.45) is 0 Å². The highest BCUT2D eigenvalue weighted by atomic mass is 31.2. The minimum atomic E-state index is -4.10. The van der Waals surface area contributed by atoms with E-state index in [4.69, 9.17) is 9.05 Å². The van der Waals surface area contributed by atoms with Gasteiger partial charge in [-0.1, -0.05) is 124 Å². The van der Waals surface area contributed by atoms with E-state index in [9.17, 15) is 9.46 Å². The Kier molecular flexibility index (Phi) is 23.9. The van der Waals surface area contributed by atoms with Crippen LogP contribution in [0.25, 0.3) is 0 Å². The Morgan fingerprint density at radius 2 is 1.03 bits per heavy atom. The first-order valence-electron chi connectivity index (χ1n) is 14.0. The maximum absolute atomic E-state index is 12.1. The Bertz CT molecular complexity index is 502. The molecule has 0 radical (unpaired) electrons. The van der Waals surface area contributed by atoms with Crippen molar-refractivity contribution >= 4 is 7.82 Å². The van der Waals surface area contributed by atoms with Crippen molar-refractivity contribution in [3.63, 3.8) is 0 Å². The summed E-state index contributed by atoms with van der Waals surface area (Å²) < 4.78 is 22.1. The lowest BCUT2D eigenvalue weighted by atomic mass is 10.1. The molecule has 0 heterocycles. The third-order valence-electron chi connectivity index (χ3n) is 5.93. The van der Waals surface area contributed by atoms with E-state index in [-0.39, 0.29) is 6.61 Å². The summed E-state index contributed by atoms with van der Waals surface area (Å²) in [4.78, 5) is 11.9. The van der Waals surface area contributed by atoms with Crippen LogP contribution in [0, 0.1) is 12.2 Å². The monoisotopic (exact) mass is 487 g/mol. The lowest BCUT2D eigenvalue weighted by Gasteiger charge is -2.17. The van der Waals surface area contributed by atoms with Crippen LogP contribution in [0.4, 0.5) is 0 Å². The van der Waals surface area contributed by atoms with Crippen LogP contribution in [0.3, 0.4) is 0 Å². The average Bonchev–Trinajstić information content (AvgIpc) is 2.79. The fraction of sp³-hybridized carbons (Fsp3) is 0.926. The SMILES string of the molecule is CCCCCCCCCOP(=O)(O)OC#CN(CCCCCCCC)CCCCCCCC. The number of rotatable bonds is 24. The van der Waals surface area contributed by atoms with Crippen molar-refractivity contribution in [1.29, 1.82) is 0 Å². The van der Waals surface area contributed by atoms with Crippen molar-refractivity contribution in [3.05, 3.63) is 0 Å². The zero-order chi connectivity index (χ0) is 24.5. The molecule has 1 atom stereocenters. The second kappa shape index (κ2) is 24.4. The Morgan fingerprint density at radius 1 is 0.636 bits per heavy atom. The number of unbranched alkanes of at least 4 members (excludes halogenated alkanes) is 16. The normalized spacial score (nSPS) is 12.7. The minimum absolute atomic E-state index is 0.239. The number of phosphoric ester groups is 1. The molecule has 196 valence electrons. The van der Waals surface area contributed by atoms with Gasteiger partial charge in [-0.15, -0.1) is 0 Å². The molecular weight excluding hydrogens is 433 g/mol. The van der Waals surface area contributed by atoms with Gasteiger partial charge in [-0.25, -0.2) is 4.57 Å². The maximum Gasteiger partial charge on any atom is 0.535 e. The zero-order valence-corrected chi connectivity index (χ0v) is 23.0. The van der Waals surface area contributed by atoms with E-state index >= 15 is 0 Å². The zero-order valence-electron chi connectivity index (χ0n) is 22.1. The summed E-state index contributed by atoms with van der Waals surface area (Å²) in [5.74, 6) is 0. The molecule has 0 spiro atoms. The molecule has 0 aliphatic heterocycles. The third kappa shape index (κ3) is 24.2. The first kappa shape index (κ1) is 32.3. The van der Waals surface area contributed by atoms with Crippen LogP contribution in [0.2, 0.25) is 0 Å². The van der Waals surface area contributed by atoms with Crippen LogP contribution in [0.5, 0.6) is 0 Å². The molecule has 0 aromatic heterocycles. The van der Waals surface area contributed by atoms with Gasteiger partial charge in [0.25, 0.3) is 0 Å². The smallest absolute Gasteiger partial charge is 0.348 e. The summed E-state index contributed by atoms with van der Waals surface area (Å²) in [5, 5.41) is 0. The Hall–Kier alpha value is -0.690. The second-order valence-electron chi connectivity index (χ2n) is 9.25. The Morgan fingerprint density at radius 3 is 1.48 bits per heavy atom. The summed E-state index contributed by atoms with van der Waals surface area (Å²) in [6.07, 6.45) is 25.3. The molecule has 0 fully saturated rings. The highest BCUT2D eigenvalue weighted by molar-refractivity contribution is 7.47. The predicted octanol–water partition coefficient (Wildman–Crippen LogP) is 8.81. The molecule has 1 unspecified atom stereocenters. The number of hydrogen-bond acceptors (Lipinski definition) is 4. The number of nitrogens with zero attached hydrogens (tertiary/aromatic N) is 1. The molecule has 0 aromatic rings. The number of phosphoric acid groups is 1. The van der Waals surface area contributed by atoms with E-state index in [1.165, 1.54) is 89.9 Å². The second-order valence-corrected chi connectivity index (χ2v) is 10.6. The van der Waals surface area contributed by atoms with Gasteiger partial charge in [0, 0.05) is 13.1 Å². The summed E-state index contributed by atoms with van der Waals surface area (Å²) in [6.45, 7) is 8.67.